The number of thiocarbonyl (C=S) groups is 1. The monoisotopic (exact) mass is 563 g/mol. The van der Waals surface area contributed by atoms with Gasteiger partial charge in [0.05, 0.1) is 11.1 Å². The van der Waals surface area contributed by atoms with E-state index in [1.54, 1.807) is 0 Å². The molecule has 1 atom stereocenters. The highest BCUT2D eigenvalue weighted by molar-refractivity contribution is 7.80. The molecular weight excluding hydrogens is 541 g/mol. The molecule has 0 heterocycles. The molecule has 4 rings (SSSR count). The molecule has 2 nitrogen and oxygen atoms in total. The number of hydrogen-bond donors (Lipinski definition) is 2. The summed E-state index contributed by atoms with van der Waals surface area (Å²) in [6.07, 6.45) is -9.90. The number of rotatable bonds is 6. The van der Waals surface area contributed by atoms with Crippen molar-refractivity contribution in [1.29, 1.82) is 0 Å². The molecule has 0 aliphatic heterocycles. The zero-order valence-electron chi connectivity index (χ0n) is 19.9. The van der Waals surface area contributed by atoms with Crippen LogP contribution < -0.4 is 26.5 Å². The van der Waals surface area contributed by atoms with Crippen molar-refractivity contribution in [2.75, 3.05) is 5.32 Å². The van der Waals surface area contributed by atoms with Gasteiger partial charge in [-0.2, -0.15) is 44.0 Å². The molecular formula is C28H22F6N2PS-. The topological polar surface area (TPSA) is 24.1 Å². The van der Waals surface area contributed by atoms with E-state index in [9.17, 15) is 26.3 Å². The minimum atomic E-state index is -4.95. The summed E-state index contributed by atoms with van der Waals surface area (Å²) in [5.74, 6) is 0. The van der Waals surface area contributed by atoms with Crippen molar-refractivity contribution in [1.82, 2.24) is 5.32 Å². The van der Waals surface area contributed by atoms with Crippen LogP contribution in [0.2, 0.25) is 0 Å². The minimum Gasteiger partial charge on any atom is -0.368 e. The summed E-state index contributed by atoms with van der Waals surface area (Å²) >= 11 is 5.28. The predicted molar refractivity (Wildman–Crippen MR) is 145 cm³/mol. The standard InChI is InChI=1S/C28H22F6N2PS/c1-18(35-26(38)36-21-16-19(27(29,30)31)15-20(17-21)28(32,33)34)24-13-8-14-25(24)37(22-9-4-2-5-10-22)23-11-6-3-7-12-23/h2-18H,1H3,(H2,35,36,38)/q-1/t18-/m0/s1. The fourth-order valence-corrected chi connectivity index (χ4v) is 6.90. The van der Waals surface area contributed by atoms with Crippen LogP contribution in [0.25, 0.3) is 0 Å². The third-order valence-electron chi connectivity index (χ3n) is 5.75. The summed E-state index contributed by atoms with van der Waals surface area (Å²) < 4.78 is 79.4. The Kier molecular flexibility index (Phi) is 8.19. The summed E-state index contributed by atoms with van der Waals surface area (Å²) in [4.78, 5) is 0. The number of halogens is 6. The molecule has 0 amide bonds. The molecule has 0 aliphatic rings. The van der Waals surface area contributed by atoms with E-state index in [4.69, 9.17) is 12.2 Å². The van der Waals surface area contributed by atoms with E-state index in [-0.39, 0.29) is 17.2 Å². The van der Waals surface area contributed by atoms with Gasteiger partial charge in [0.15, 0.2) is 5.11 Å². The molecule has 4 aromatic rings. The molecule has 0 spiro atoms. The highest BCUT2D eigenvalue weighted by Gasteiger charge is 2.37. The second-order valence-electron chi connectivity index (χ2n) is 8.49. The van der Waals surface area contributed by atoms with Gasteiger partial charge in [0.25, 0.3) is 0 Å². The van der Waals surface area contributed by atoms with Crippen LogP contribution in [0, 0.1) is 0 Å². The Morgan fingerprint density at radius 2 is 1.29 bits per heavy atom. The number of hydrogen-bond acceptors (Lipinski definition) is 1. The lowest BCUT2D eigenvalue weighted by molar-refractivity contribution is -0.143. The Labute approximate surface area is 222 Å². The van der Waals surface area contributed by atoms with E-state index in [0.29, 0.717) is 12.1 Å². The van der Waals surface area contributed by atoms with Crippen LogP contribution in [0.1, 0.15) is 29.7 Å². The Balaban J connectivity index is 1.59. The van der Waals surface area contributed by atoms with Crippen molar-refractivity contribution in [2.24, 2.45) is 0 Å². The van der Waals surface area contributed by atoms with Crippen LogP contribution in [0.3, 0.4) is 0 Å². The number of benzene rings is 3. The van der Waals surface area contributed by atoms with Gasteiger partial charge in [0.1, 0.15) is 0 Å². The molecule has 4 aromatic carbocycles. The molecule has 0 saturated heterocycles. The average molecular weight is 564 g/mol. The first-order valence-electron chi connectivity index (χ1n) is 11.5. The smallest absolute Gasteiger partial charge is 0.368 e. The van der Waals surface area contributed by atoms with E-state index < -0.39 is 37.1 Å². The maximum atomic E-state index is 13.2. The summed E-state index contributed by atoms with van der Waals surface area (Å²) in [6, 6.07) is 26.8. The van der Waals surface area contributed by atoms with Crippen LogP contribution in [-0.4, -0.2) is 5.11 Å². The van der Waals surface area contributed by atoms with Crippen molar-refractivity contribution < 1.29 is 26.3 Å². The zero-order chi connectivity index (χ0) is 27.5. The van der Waals surface area contributed by atoms with Crippen molar-refractivity contribution in [3.05, 3.63) is 114 Å². The molecule has 0 radical (unpaired) electrons. The van der Waals surface area contributed by atoms with Crippen LogP contribution in [-0.2, 0) is 12.4 Å². The minimum absolute atomic E-state index is 0.0794. The Hall–Kier alpha value is -3.29. The molecule has 198 valence electrons. The SMILES string of the molecule is C[C@H](NC(=S)Nc1cc(C(F)(F)F)cc(C(F)(F)F)c1)c1cc[cH-]c1P(c1ccccc1)c1ccccc1. The normalized spacial score (nSPS) is 12.8. The van der Waals surface area contributed by atoms with Gasteiger partial charge in [0, 0.05) is 5.69 Å². The summed E-state index contributed by atoms with van der Waals surface area (Å²) in [5, 5.41) is 8.76. The maximum Gasteiger partial charge on any atom is 0.416 e. The van der Waals surface area contributed by atoms with Crippen molar-refractivity contribution in [3.8, 4) is 0 Å². The molecule has 0 aromatic heterocycles. The summed E-state index contributed by atoms with van der Waals surface area (Å²) in [7, 11) is -0.924. The second kappa shape index (κ2) is 11.2. The Morgan fingerprint density at radius 1 is 0.789 bits per heavy atom. The molecule has 0 saturated carbocycles. The molecule has 0 bridgehead atoms. The number of nitrogens with one attached hydrogen (secondary N) is 2. The van der Waals surface area contributed by atoms with Crippen molar-refractivity contribution >= 4 is 46.9 Å². The van der Waals surface area contributed by atoms with E-state index in [1.807, 2.05) is 61.5 Å². The van der Waals surface area contributed by atoms with Crippen LogP contribution >= 0.6 is 20.1 Å². The van der Waals surface area contributed by atoms with Crippen LogP contribution in [0.5, 0.6) is 0 Å². The Morgan fingerprint density at radius 3 is 1.76 bits per heavy atom. The molecule has 0 fully saturated rings. The lowest BCUT2D eigenvalue weighted by atomic mass is 10.1. The third kappa shape index (κ3) is 6.58. The molecule has 0 aliphatic carbocycles. The number of anilines is 1. The fraction of sp³-hybridized carbons (Fsp3) is 0.143. The first-order chi connectivity index (χ1) is 17.9. The van der Waals surface area contributed by atoms with Gasteiger partial charge in [0.2, 0.25) is 0 Å². The highest BCUT2D eigenvalue weighted by Crippen LogP contribution is 2.38. The molecule has 38 heavy (non-hydrogen) atoms. The number of alkyl halides is 6. The summed E-state index contributed by atoms with van der Waals surface area (Å²) in [5.41, 5.74) is -2.32. The first kappa shape index (κ1) is 27.7. The lowest BCUT2D eigenvalue weighted by Crippen LogP contribution is -2.33. The summed E-state index contributed by atoms with van der Waals surface area (Å²) in [6.45, 7) is 1.84. The second-order valence-corrected chi connectivity index (χ2v) is 11.1. The van der Waals surface area contributed by atoms with E-state index >= 15 is 0 Å². The van der Waals surface area contributed by atoms with Gasteiger partial charge in [-0.25, -0.2) is 6.07 Å². The van der Waals surface area contributed by atoms with Crippen molar-refractivity contribution in [3.63, 3.8) is 0 Å². The fourth-order valence-electron chi connectivity index (χ4n) is 4.04. The van der Waals surface area contributed by atoms with E-state index in [1.165, 1.54) is 0 Å². The third-order valence-corrected chi connectivity index (χ3v) is 8.49. The van der Waals surface area contributed by atoms with E-state index in [2.05, 4.69) is 34.9 Å². The quantitative estimate of drug-likeness (QED) is 0.112. The molecule has 10 heteroatoms. The van der Waals surface area contributed by atoms with Gasteiger partial charge in [-0.1, -0.05) is 67.6 Å². The average Bonchev–Trinajstić information content (AvgIpc) is 3.34. The van der Waals surface area contributed by atoms with Gasteiger partial charge in [-0.15, -0.1) is 5.30 Å². The van der Waals surface area contributed by atoms with Crippen LogP contribution in [0.15, 0.2) is 97.1 Å². The van der Waals surface area contributed by atoms with Crippen LogP contribution in [0.4, 0.5) is 32.0 Å². The first-order valence-corrected chi connectivity index (χ1v) is 13.2. The predicted octanol–water partition coefficient (Wildman–Crippen LogP) is 7.25. The van der Waals surface area contributed by atoms with Gasteiger partial charge in [-0.05, 0) is 55.0 Å². The highest BCUT2D eigenvalue weighted by atomic mass is 32.1. The lowest BCUT2D eigenvalue weighted by Gasteiger charge is -2.29. The van der Waals surface area contributed by atoms with Gasteiger partial charge in [-0.3, -0.25) is 0 Å². The van der Waals surface area contributed by atoms with Gasteiger partial charge >= 0.3 is 12.4 Å². The molecule has 2 N–H and O–H groups in total. The zero-order valence-corrected chi connectivity index (χ0v) is 21.6. The van der Waals surface area contributed by atoms with E-state index in [0.717, 1.165) is 21.5 Å². The largest absolute Gasteiger partial charge is 0.416 e. The van der Waals surface area contributed by atoms with Gasteiger partial charge < -0.3 is 10.6 Å². The maximum absolute atomic E-state index is 13.2. The Bertz CT molecular complexity index is 1310. The molecule has 0 unspecified atom stereocenters. The van der Waals surface area contributed by atoms with Crippen molar-refractivity contribution in [2.45, 2.75) is 25.3 Å².